The third-order valence-corrected chi connectivity index (χ3v) is 1.87. The molecule has 2 aromatic rings. The third-order valence-electron chi connectivity index (χ3n) is 1.87. The summed E-state index contributed by atoms with van der Waals surface area (Å²) in [4.78, 5) is 0. The van der Waals surface area contributed by atoms with Gasteiger partial charge in [-0.3, -0.25) is 0 Å². The van der Waals surface area contributed by atoms with Crippen molar-refractivity contribution in [2.75, 3.05) is 0 Å². The van der Waals surface area contributed by atoms with E-state index in [-0.39, 0.29) is 0 Å². The highest BCUT2D eigenvalue weighted by molar-refractivity contribution is 5.59. The van der Waals surface area contributed by atoms with Crippen LogP contribution in [0.5, 0.6) is 0 Å². The maximum Gasteiger partial charge on any atom is 0.152 e. The molecule has 0 spiro atoms. The first-order valence-electron chi connectivity index (χ1n) is 4.34. The molecule has 0 aliphatic heterocycles. The number of nitrogens with zero attached hydrogens (tertiary/aromatic N) is 4. The summed E-state index contributed by atoms with van der Waals surface area (Å²) in [6, 6.07) is 10.0. The van der Waals surface area contributed by atoms with Crippen molar-refractivity contribution in [1.82, 2.24) is 20.2 Å². The van der Waals surface area contributed by atoms with E-state index in [9.17, 15) is 0 Å². The Labute approximate surface area is 81.9 Å². The molecular formula is C10H10N4. The number of benzene rings is 1. The van der Waals surface area contributed by atoms with E-state index in [2.05, 4.69) is 15.5 Å². The molecule has 0 radical (unpaired) electrons. The van der Waals surface area contributed by atoms with Crippen LogP contribution in [0, 0.1) is 6.92 Å². The fraction of sp³-hybridized carbons (Fsp3) is 0.100. The average molecular weight is 186 g/mol. The van der Waals surface area contributed by atoms with Crippen molar-refractivity contribution in [3.05, 3.63) is 41.7 Å². The number of tetrazole rings is 1. The largest absolute Gasteiger partial charge is 0.205 e. The fourth-order valence-electron chi connectivity index (χ4n) is 1.10. The van der Waals surface area contributed by atoms with Gasteiger partial charge in [0.1, 0.15) is 0 Å². The minimum absolute atomic E-state index is 0.775. The number of hydrogen-bond acceptors (Lipinski definition) is 3. The average Bonchev–Trinajstić information content (AvgIpc) is 2.63. The molecule has 0 bridgehead atoms. The van der Waals surface area contributed by atoms with Gasteiger partial charge in [0.05, 0.1) is 0 Å². The van der Waals surface area contributed by atoms with Gasteiger partial charge in [0.25, 0.3) is 0 Å². The van der Waals surface area contributed by atoms with Crippen molar-refractivity contribution in [3.8, 4) is 0 Å². The van der Waals surface area contributed by atoms with Gasteiger partial charge < -0.3 is 0 Å². The van der Waals surface area contributed by atoms with Crippen molar-refractivity contribution in [2.45, 2.75) is 6.92 Å². The van der Waals surface area contributed by atoms with Crippen molar-refractivity contribution in [3.63, 3.8) is 0 Å². The molecule has 0 fully saturated rings. The van der Waals surface area contributed by atoms with Crippen molar-refractivity contribution >= 4 is 12.3 Å². The molecule has 0 aliphatic rings. The van der Waals surface area contributed by atoms with Gasteiger partial charge in [-0.1, -0.05) is 30.3 Å². The Morgan fingerprint density at radius 3 is 2.64 bits per heavy atom. The fourth-order valence-corrected chi connectivity index (χ4v) is 1.10. The van der Waals surface area contributed by atoms with Gasteiger partial charge in [-0.15, -0.1) is 5.10 Å². The molecule has 1 aromatic heterocycles. The summed E-state index contributed by atoms with van der Waals surface area (Å²) in [5.74, 6) is 0.775. The van der Waals surface area contributed by atoms with Crippen LogP contribution in [0.4, 0.5) is 0 Å². The van der Waals surface area contributed by atoms with Gasteiger partial charge >= 0.3 is 0 Å². The van der Waals surface area contributed by atoms with Crippen molar-refractivity contribution < 1.29 is 0 Å². The minimum atomic E-state index is 0.775. The first kappa shape index (κ1) is 8.62. The quantitative estimate of drug-likeness (QED) is 0.715. The Morgan fingerprint density at radius 1 is 1.21 bits per heavy atom. The molecule has 0 unspecified atom stereocenters. The lowest BCUT2D eigenvalue weighted by Crippen LogP contribution is -1.91. The molecule has 0 saturated carbocycles. The van der Waals surface area contributed by atoms with Gasteiger partial charge in [-0.2, -0.15) is 0 Å². The van der Waals surface area contributed by atoms with E-state index < -0.39 is 0 Å². The zero-order valence-corrected chi connectivity index (χ0v) is 7.83. The number of aryl methyl sites for hydroxylation is 1. The second kappa shape index (κ2) is 3.83. The van der Waals surface area contributed by atoms with Crippen LogP contribution >= 0.6 is 0 Å². The van der Waals surface area contributed by atoms with E-state index in [4.69, 9.17) is 0 Å². The van der Waals surface area contributed by atoms with Crippen LogP contribution in [0.25, 0.3) is 12.3 Å². The lowest BCUT2D eigenvalue weighted by Gasteiger charge is -1.92. The maximum atomic E-state index is 3.80. The van der Waals surface area contributed by atoms with Gasteiger partial charge in [0.2, 0.25) is 0 Å². The van der Waals surface area contributed by atoms with Gasteiger partial charge in [-0.25, -0.2) is 4.68 Å². The monoisotopic (exact) mass is 186 g/mol. The smallest absolute Gasteiger partial charge is 0.152 e. The summed E-state index contributed by atoms with van der Waals surface area (Å²) in [7, 11) is 0. The molecule has 4 heteroatoms. The topological polar surface area (TPSA) is 43.6 Å². The second-order valence-corrected chi connectivity index (χ2v) is 2.90. The van der Waals surface area contributed by atoms with Crippen LogP contribution in [-0.4, -0.2) is 20.2 Å². The molecule has 2 rings (SSSR count). The summed E-state index contributed by atoms with van der Waals surface area (Å²) in [6.07, 6.45) is 3.80. The van der Waals surface area contributed by atoms with E-state index >= 15 is 0 Å². The molecule has 0 N–H and O–H groups in total. The van der Waals surface area contributed by atoms with Crippen LogP contribution in [0.15, 0.2) is 30.3 Å². The lowest BCUT2D eigenvalue weighted by atomic mass is 10.2. The van der Waals surface area contributed by atoms with Crippen LogP contribution in [0.1, 0.15) is 11.4 Å². The molecular weight excluding hydrogens is 176 g/mol. The highest BCUT2D eigenvalue weighted by Crippen LogP contribution is 2.02. The SMILES string of the molecule is Cc1nnnn1/C=C/c1ccccc1. The predicted molar refractivity (Wildman–Crippen MR) is 54.2 cm³/mol. The Hall–Kier alpha value is -1.97. The van der Waals surface area contributed by atoms with E-state index in [1.54, 1.807) is 4.68 Å². The summed E-state index contributed by atoms with van der Waals surface area (Å²) in [5, 5.41) is 11.1. The van der Waals surface area contributed by atoms with E-state index in [1.807, 2.05) is 49.5 Å². The third kappa shape index (κ3) is 1.85. The highest BCUT2D eigenvalue weighted by Gasteiger charge is 1.93. The van der Waals surface area contributed by atoms with Crippen LogP contribution < -0.4 is 0 Å². The first-order valence-corrected chi connectivity index (χ1v) is 4.34. The number of aromatic nitrogens is 4. The van der Waals surface area contributed by atoms with E-state index in [1.165, 1.54) is 0 Å². The summed E-state index contributed by atoms with van der Waals surface area (Å²) < 4.78 is 1.63. The Bertz CT molecular complexity index is 430. The molecule has 0 atom stereocenters. The molecule has 1 heterocycles. The first-order chi connectivity index (χ1) is 6.86. The Balaban J connectivity index is 2.20. The zero-order chi connectivity index (χ0) is 9.80. The van der Waals surface area contributed by atoms with Crippen LogP contribution in [-0.2, 0) is 0 Å². The molecule has 1 aromatic carbocycles. The van der Waals surface area contributed by atoms with Gasteiger partial charge in [0.15, 0.2) is 5.82 Å². The summed E-state index contributed by atoms with van der Waals surface area (Å²) >= 11 is 0. The number of rotatable bonds is 2. The molecule has 4 nitrogen and oxygen atoms in total. The standard InChI is InChI=1S/C10H10N4/c1-9-11-12-13-14(9)8-7-10-5-3-2-4-6-10/h2-8H,1H3/b8-7+. The lowest BCUT2D eigenvalue weighted by molar-refractivity contribution is 0.813. The van der Waals surface area contributed by atoms with Crippen molar-refractivity contribution in [2.24, 2.45) is 0 Å². The summed E-state index contributed by atoms with van der Waals surface area (Å²) in [6.45, 7) is 1.86. The van der Waals surface area contributed by atoms with E-state index in [0.717, 1.165) is 11.4 Å². The molecule has 70 valence electrons. The van der Waals surface area contributed by atoms with E-state index in [0.29, 0.717) is 0 Å². The normalized spacial score (nSPS) is 10.9. The molecule has 0 amide bonds. The van der Waals surface area contributed by atoms with Gasteiger partial charge in [-0.05, 0) is 29.0 Å². The Morgan fingerprint density at radius 2 is 2.00 bits per heavy atom. The van der Waals surface area contributed by atoms with Crippen LogP contribution in [0.3, 0.4) is 0 Å². The van der Waals surface area contributed by atoms with Crippen molar-refractivity contribution in [1.29, 1.82) is 0 Å². The van der Waals surface area contributed by atoms with Crippen LogP contribution in [0.2, 0.25) is 0 Å². The predicted octanol–water partition coefficient (Wildman–Crippen LogP) is 1.61. The van der Waals surface area contributed by atoms with Gasteiger partial charge in [0, 0.05) is 6.20 Å². The minimum Gasteiger partial charge on any atom is -0.205 e. The highest BCUT2D eigenvalue weighted by atomic mass is 15.5. The zero-order valence-electron chi connectivity index (χ0n) is 7.83. The molecule has 0 saturated heterocycles. The maximum absolute atomic E-state index is 3.80. The molecule has 14 heavy (non-hydrogen) atoms. The Kier molecular flexibility index (Phi) is 2.36. The number of hydrogen-bond donors (Lipinski definition) is 0. The second-order valence-electron chi connectivity index (χ2n) is 2.90. The summed E-state index contributed by atoms with van der Waals surface area (Å²) in [5.41, 5.74) is 1.13. The molecule has 0 aliphatic carbocycles.